The van der Waals surface area contributed by atoms with Crippen molar-refractivity contribution in [1.29, 1.82) is 0 Å². The van der Waals surface area contributed by atoms with E-state index < -0.39 is 80.3 Å². The Morgan fingerprint density at radius 3 is 2.19 bits per heavy atom. The number of ether oxygens (including phenoxy) is 2. The summed E-state index contributed by atoms with van der Waals surface area (Å²) in [6.07, 6.45) is -9.31. The number of carbonyl (C=O) groups is 2. The molecule has 0 amide bonds. The van der Waals surface area contributed by atoms with Gasteiger partial charge in [-0.2, -0.15) is 18.3 Å². The lowest BCUT2D eigenvalue weighted by Crippen LogP contribution is -2.25. The van der Waals surface area contributed by atoms with Crippen LogP contribution in [0.4, 0.5) is 39.0 Å². The van der Waals surface area contributed by atoms with Gasteiger partial charge in [0.2, 0.25) is 0 Å². The number of rotatable bonds is 9. The number of anilines is 1. The maximum atomic E-state index is 13.6. The van der Waals surface area contributed by atoms with Gasteiger partial charge >= 0.3 is 23.8 Å². The van der Waals surface area contributed by atoms with Gasteiger partial charge < -0.3 is 9.47 Å². The van der Waals surface area contributed by atoms with Crippen LogP contribution in [0.5, 0.6) is 0 Å². The number of nitrogens with one attached hydrogen (secondary N) is 1. The number of nitro benzene ring substituents is 2. The molecular formula is C19H14F5N5O8. The van der Waals surface area contributed by atoms with Gasteiger partial charge in [-0.15, -0.1) is 0 Å². The van der Waals surface area contributed by atoms with E-state index in [-0.39, 0.29) is 5.69 Å². The van der Waals surface area contributed by atoms with Crippen LogP contribution < -0.4 is 5.43 Å². The van der Waals surface area contributed by atoms with Gasteiger partial charge in [-0.05, 0) is 11.6 Å². The van der Waals surface area contributed by atoms with Gasteiger partial charge in [-0.25, -0.2) is 23.4 Å². The quantitative estimate of drug-likeness (QED) is 0.162. The molecule has 2 rings (SSSR count). The largest absolute Gasteiger partial charge is 0.465 e. The second-order valence-corrected chi connectivity index (χ2v) is 6.70. The van der Waals surface area contributed by atoms with Crippen LogP contribution in [-0.2, 0) is 22.1 Å². The molecule has 0 spiro atoms. The molecule has 1 aromatic carbocycles. The van der Waals surface area contributed by atoms with E-state index in [1.54, 1.807) is 0 Å². The van der Waals surface area contributed by atoms with Gasteiger partial charge in [0.25, 0.3) is 12.1 Å². The Bertz CT molecular complexity index is 1280. The van der Waals surface area contributed by atoms with E-state index in [0.29, 0.717) is 19.4 Å². The number of non-ortho nitro benzene ring substituents is 1. The summed E-state index contributed by atoms with van der Waals surface area (Å²) in [5.41, 5.74) is -6.75. The molecule has 1 aromatic heterocycles. The molecule has 0 unspecified atom stereocenters. The van der Waals surface area contributed by atoms with Crippen molar-refractivity contribution < 1.29 is 50.9 Å². The lowest BCUT2D eigenvalue weighted by atomic mass is 9.95. The molecule has 13 nitrogen and oxygen atoms in total. The molecule has 0 aliphatic heterocycles. The van der Waals surface area contributed by atoms with E-state index in [9.17, 15) is 51.8 Å². The van der Waals surface area contributed by atoms with Gasteiger partial charge in [-0.3, -0.25) is 25.7 Å². The molecule has 0 aliphatic carbocycles. The topological polar surface area (TPSA) is 176 Å². The number of hydrogen-bond donors (Lipinski definition) is 1. The van der Waals surface area contributed by atoms with Crippen molar-refractivity contribution in [3.8, 4) is 0 Å². The zero-order valence-electron chi connectivity index (χ0n) is 18.5. The van der Waals surface area contributed by atoms with Gasteiger partial charge in [0, 0.05) is 18.7 Å². The molecule has 0 fully saturated rings. The molecule has 37 heavy (non-hydrogen) atoms. The number of pyridine rings is 1. The van der Waals surface area contributed by atoms with Crippen molar-refractivity contribution in [2.75, 3.05) is 19.6 Å². The molecule has 1 heterocycles. The smallest absolute Gasteiger partial charge is 0.434 e. The lowest BCUT2D eigenvalue weighted by molar-refractivity contribution is -0.393. The molecular weight excluding hydrogens is 521 g/mol. The summed E-state index contributed by atoms with van der Waals surface area (Å²) in [4.78, 5) is 47.4. The number of alkyl halides is 5. The van der Waals surface area contributed by atoms with Crippen LogP contribution >= 0.6 is 0 Å². The maximum Gasteiger partial charge on any atom is 0.434 e. The highest BCUT2D eigenvalue weighted by atomic mass is 19.4. The van der Waals surface area contributed by atoms with Crippen molar-refractivity contribution in [3.63, 3.8) is 0 Å². The van der Waals surface area contributed by atoms with Crippen molar-refractivity contribution >= 4 is 35.2 Å². The minimum atomic E-state index is -5.43. The number of nitro groups is 2. The third kappa shape index (κ3) is 6.27. The number of benzene rings is 1. The number of methoxy groups -OCH3 is 2. The van der Waals surface area contributed by atoms with E-state index in [2.05, 4.69) is 25.0 Å². The number of hydrazone groups is 1. The zero-order valence-corrected chi connectivity index (χ0v) is 18.5. The fourth-order valence-electron chi connectivity index (χ4n) is 3.01. The fraction of sp³-hybridized carbons (Fsp3) is 0.263. The lowest BCUT2D eigenvalue weighted by Gasteiger charge is -2.19. The first kappa shape index (κ1) is 28.5. The van der Waals surface area contributed by atoms with Crippen molar-refractivity contribution in [2.45, 2.75) is 19.0 Å². The summed E-state index contributed by atoms with van der Waals surface area (Å²) in [7, 11) is 1.45. The normalized spacial score (nSPS) is 11.5. The summed E-state index contributed by atoms with van der Waals surface area (Å²) >= 11 is 0. The van der Waals surface area contributed by atoms with Crippen LogP contribution in [0, 0.1) is 20.2 Å². The second-order valence-electron chi connectivity index (χ2n) is 6.70. The Balaban J connectivity index is 2.65. The average Bonchev–Trinajstić information content (AvgIpc) is 2.83. The molecule has 0 saturated carbocycles. The predicted molar refractivity (Wildman–Crippen MR) is 112 cm³/mol. The summed E-state index contributed by atoms with van der Waals surface area (Å²) in [6, 6.07) is 2.41. The van der Waals surface area contributed by atoms with Gasteiger partial charge in [0.1, 0.15) is 11.4 Å². The second kappa shape index (κ2) is 11.3. The average molecular weight is 535 g/mol. The van der Waals surface area contributed by atoms with Crippen LogP contribution in [0.3, 0.4) is 0 Å². The van der Waals surface area contributed by atoms with Crippen LogP contribution in [-0.4, -0.2) is 47.2 Å². The molecule has 0 saturated heterocycles. The number of carbonyl (C=O) groups excluding carboxylic acids is 2. The van der Waals surface area contributed by atoms with E-state index in [1.807, 2.05) is 0 Å². The van der Waals surface area contributed by atoms with Crippen LogP contribution in [0.15, 0.2) is 23.3 Å². The predicted octanol–water partition coefficient (Wildman–Crippen LogP) is 4.07. The van der Waals surface area contributed by atoms with Crippen LogP contribution in [0.1, 0.15) is 44.1 Å². The Kier molecular flexibility index (Phi) is 8.70. The Hall–Kier alpha value is -4.77. The standard InChI is InChI=1S/C19H14F5N5O8/c1-36-17(30)12-9(13(18(31)37-2)15(19(22,23)24)26-14(12)16(20)21)5-6-25-27-10-4-3-8(28(32)33)7-11(10)29(34)35/h3-4,6-7,16,27H,5H2,1-2H3/b25-6+. The minimum absolute atomic E-state index is 0.382. The summed E-state index contributed by atoms with van der Waals surface area (Å²) in [5.74, 6) is -3.20. The minimum Gasteiger partial charge on any atom is -0.465 e. The van der Waals surface area contributed by atoms with Gasteiger partial charge in [-0.1, -0.05) is 0 Å². The number of halogens is 5. The first-order chi connectivity index (χ1) is 17.2. The first-order valence-corrected chi connectivity index (χ1v) is 9.53. The highest BCUT2D eigenvalue weighted by molar-refractivity contribution is 6.00. The fourth-order valence-corrected chi connectivity index (χ4v) is 3.01. The maximum absolute atomic E-state index is 13.6. The molecule has 0 atom stereocenters. The number of hydrogen-bond acceptors (Lipinski definition) is 11. The van der Waals surface area contributed by atoms with E-state index in [0.717, 1.165) is 19.2 Å². The van der Waals surface area contributed by atoms with E-state index >= 15 is 0 Å². The van der Waals surface area contributed by atoms with E-state index in [4.69, 9.17) is 0 Å². The monoisotopic (exact) mass is 535 g/mol. The third-order valence-corrected chi connectivity index (χ3v) is 4.54. The van der Waals surface area contributed by atoms with Gasteiger partial charge in [0.05, 0.1) is 41.3 Å². The molecule has 1 N–H and O–H groups in total. The summed E-state index contributed by atoms with van der Waals surface area (Å²) in [5, 5.41) is 25.5. The van der Waals surface area contributed by atoms with Crippen LogP contribution in [0.2, 0.25) is 0 Å². The van der Waals surface area contributed by atoms with Crippen LogP contribution in [0.25, 0.3) is 0 Å². The SMILES string of the molecule is COC(=O)c1c(C(F)F)nc(C(F)(F)F)c(C(=O)OC)c1C/C=N/Nc1ccc([N+](=O)[O-])cc1[N+](=O)[O-]. The number of esters is 2. The Morgan fingerprint density at radius 1 is 1.11 bits per heavy atom. The molecule has 0 radical (unpaired) electrons. The van der Waals surface area contributed by atoms with E-state index in [1.165, 1.54) is 0 Å². The van der Waals surface area contributed by atoms with Crippen molar-refractivity contribution in [1.82, 2.24) is 4.98 Å². The molecule has 0 bridgehead atoms. The third-order valence-electron chi connectivity index (χ3n) is 4.54. The molecule has 0 aliphatic rings. The van der Waals surface area contributed by atoms with Crippen molar-refractivity contribution in [3.05, 3.63) is 66.5 Å². The highest BCUT2D eigenvalue weighted by Crippen LogP contribution is 2.37. The molecule has 198 valence electrons. The number of aromatic nitrogens is 1. The number of nitrogens with zero attached hydrogens (tertiary/aromatic N) is 4. The Labute approximate surface area is 202 Å². The first-order valence-electron chi connectivity index (χ1n) is 9.53. The van der Waals surface area contributed by atoms with Gasteiger partial charge in [0.15, 0.2) is 5.69 Å². The summed E-state index contributed by atoms with van der Waals surface area (Å²) < 4.78 is 76.7. The van der Waals surface area contributed by atoms with Crippen molar-refractivity contribution in [2.24, 2.45) is 5.10 Å². The Morgan fingerprint density at radius 2 is 1.70 bits per heavy atom. The molecule has 2 aromatic rings. The molecule has 18 heteroatoms. The summed E-state index contributed by atoms with van der Waals surface area (Å²) in [6.45, 7) is 0. The zero-order chi connectivity index (χ0) is 28.1. The highest BCUT2D eigenvalue weighted by Gasteiger charge is 2.43.